The summed E-state index contributed by atoms with van der Waals surface area (Å²) in [6.07, 6.45) is 7.15. The molecule has 2 aromatic rings. The van der Waals surface area contributed by atoms with Gasteiger partial charge in [0.15, 0.2) is 0 Å². The molecule has 4 aliphatic carbocycles. The van der Waals surface area contributed by atoms with Gasteiger partial charge in [-0.05, 0) is 93.5 Å². The lowest BCUT2D eigenvalue weighted by molar-refractivity contribution is -0.0167. The Bertz CT molecular complexity index is 1070. The third kappa shape index (κ3) is 3.75. The van der Waals surface area contributed by atoms with Crippen LogP contribution in [0.3, 0.4) is 0 Å². The van der Waals surface area contributed by atoms with Crippen molar-refractivity contribution in [1.29, 1.82) is 0 Å². The normalized spacial score (nSPS) is 29.0. The average Bonchev–Trinajstić information content (AvgIpc) is 2.72. The van der Waals surface area contributed by atoms with E-state index in [-0.39, 0.29) is 16.3 Å². The van der Waals surface area contributed by atoms with Crippen LogP contribution in [0.2, 0.25) is 0 Å². The van der Waals surface area contributed by atoms with Crippen LogP contribution >= 0.6 is 0 Å². The van der Waals surface area contributed by atoms with Gasteiger partial charge in [-0.25, -0.2) is 8.42 Å². The van der Waals surface area contributed by atoms with E-state index in [1.165, 1.54) is 29.6 Å². The Labute approximate surface area is 184 Å². The molecule has 0 radical (unpaired) electrons. The molecule has 1 amide bonds. The molecule has 2 aromatic carbocycles. The molecular weight excluding hydrogens is 408 g/mol. The minimum Gasteiger partial charge on any atom is -0.347 e. The van der Waals surface area contributed by atoms with Gasteiger partial charge in [0.05, 0.1) is 10.6 Å². The van der Waals surface area contributed by atoms with Crippen molar-refractivity contribution in [3.8, 4) is 0 Å². The monoisotopic (exact) mass is 438 g/mol. The van der Waals surface area contributed by atoms with Crippen molar-refractivity contribution in [2.75, 3.05) is 11.4 Å². The zero-order chi connectivity index (χ0) is 21.8. The maximum Gasteiger partial charge on any atom is 0.264 e. The van der Waals surface area contributed by atoms with Crippen LogP contribution in [0.15, 0.2) is 53.4 Å². The van der Waals surface area contributed by atoms with Crippen LogP contribution in [0.4, 0.5) is 5.69 Å². The van der Waals surface area contributed by atoms with Gasteiger partial charge in [-0.2, -0.15) is 0 Å². The number of carbonyl (C=O) groups is 1. The molecule has 0 atom stereocenters. The second-order valence-corrected chi connectivity index (χ2v) is 12.0. The highest BCUT2D eigenvalue weighted by atomic mass is 32.2. The Morgan fingerprint density at radius 2 is 1.55 bits per heavy atom. The average molecular weight is 439 g/mol. The van der Waals surface area contributed by atoms with Crippen molar-refractivity contribution in [1.82, 2.24) is 5.32 Å². The van der Waals surface area contributed by atoms with E-state index in [0.717, 1.165) is 42.6 Å². The summed E-state index contributed by atoms with van der Waals surface area (Å²) in [5.41, 5.74) is 1.97. The molecule has 0 aliphatic heterocycles. The van der Waals surface area contributed by atoms with Crippen molar-refractivity contribution in [3.05, 3.63) is 59.7 Å². The van der Waals surface area contributed by atoms with E-state index in [1.807, 2.05) is 19.1 Å². The van der Waals surface area contributed by atoms with Gasteiger partial charge in [0.1, 0.15) is 0 Å². The quantitative estimate of drug-likeness (QED) is 0.746. The predicted molar refractivity (Wildman–Crippen MR) is 122 cm³/mol. The number of amides is 1. The van der Waals surface area contributed by atoms with E-state index in [2.05, 4.69) is 5.32 Å². The molecule has 0 aromatic heterocycles. The number of rotatable bonds is 5. The Kier molecular flexibility index (Phi) is 4.88. The van der Waals surface area contributed by atoms with Crippen LogP contribution in [-0.2, 0) is 10.0 Å². The fourth-order valence-electron chi connectivity index (χ4n) is 6.43. The van der Waals surface area contributed by atoms with Crippen molar-refractivity contribution in [2.45, 2.75) is 55.9 Å². The summed E-state index contributed by atoms with van der Waals surface area (Å²) in [6.45, 7) is 1.96. The lowest BCUT2D eigenvalue weighted by Gasteiger charge is -2.56. The standard InChI is InChI=1S/C25H30N2O3S/c1-17-6-8-22(9-7-17)27(2)31(29,30)23-5-3-4-21(13-23)24(28)26-25-14-18-10-19(15-25)12-20(11-18)16-25/h3-9,13,18-20H,10-12,14-16H2,1-2H3,(H,26,28). The number of carbonyl (C=O) groups excluding carboxylic acids is 1. The summed E-state index contributed by atoms with van der Waals surface area (Å²) in [5.74, 6) is 2.06. The highest BCUT2D eigenvalue weighted by Crippen LogP contribution is 2.55. The van der Waals surface area contributed by atoms with Gasteiger partial charge in [-0.3, -0.25) is 9.10 Å². The molecule has 0 heterocycles. The Hall–Kier alpha value is -2.34. The fraction of sp³-hybridized carbons (Fsp3) is 0.480. The third-order valence-corrected chi connectivity index (χ3v) is 9.35. The first-order valence-corrected chi connectivity index (χ1v) is 12.7. The van der Waals surface area contributed by atoms with Crippen molar-refractivity contribution in [3.63, 3.8) is 0 Å². The largest absolute Gasteiger partial charge is 0.347 e. The zero-order valence-electron chi connectivity index (χ0n) is 18.2. The van der Waals surface area contributed by atoms with Crippen molar-refractivity contribution in [2.24, 2.45) is 17.8 Å². The van der Waals surface area contributed by atoms with Gasteiger partial charge in [0, 0.05) is 18.2 Å². The molecule has 164 valence electrons. The molecule has 6 heteroatoms. The van der Waals surface area contributed by atoms with Crippen LogP contribution in [0.25, 0.3) is 0 Å². The van der Waals surface area contributed by atoms with Gasteiger partial charge < -0.3 is 5.32 Å². The molecule has 0 unspecified atom stereocenters. The minimum absolute atomic E-state index is 0.0978. The summed E-state index contributed by atoms with van der Waals surface area (Å²) in [7, 11) is -2.22. The maximum atomic E-state index is 13.2. The molecule has 1 N–H and O–H groups in total. The second-order valence-electron chi connectivity index (χ2n) is 9.99. The topological polar surface area (TPSA) is 66.5 Å². The molecule has 31 heavy (non-hydrogen) atoms. The summed E-state index contributed by atoms with van der Waals surface area (Å²) in [6, 6.07) is 13.8. The number of aryl methyl sites for hydroxylation is 1. The van der Waals surface area contributed by atoms with Crippen LogP contribution in [-0.4, -0.2) is 26.9 Å². The summed E-state index contributed by atoms with van der Waals surface area (Å²) >= 11 is 0. The van der Waals surface area contributed by atoms with Gasteiger partial charge in [0.2, 0.25) is 0 Å². The van der Waals surface area contributed by atoms with E-state index >= 15 is 0 Å². The van der Waals surface area contributed by atoms with Crippen molar-refractivity contribution < 1.29 is 13.2 Å². The Morgan fingerprint density at radius 3 is 2.13 bits per heavy atom. The lowest BCUT2D eigenvalue weighted by Crippen LogP contribution is -2.59. The molecular formula is C25H30N2O3S. The molecule has 6 rings (SSSR count). The number of nitrogens with zero attached hydrogens (tertiary/aromatic N) is 1. The SMILES string of the molecule is Cc1ccc(N(C)S(=O)(=O)c2cccc(C(=O)NC34CC5CC(CC(C5)C3)C4)c2)cc1. The molecule has 0 spiro atoms. The third-order valence-electron chi connectivity index (χ3n) is 7.57. The lowest BCUT2D eigenvalue weighted by atomic mass is 9.53. The van der Waals surface area contributed by atoms with E-state index < -0.39 is 10.0 Å². The highest BCUT2D eigenvalue weighted by Gasteiger charge is 2.51. The van der Waals surface area contributed by atoms with Gasteiger partial charge in [-0.1, -0.05) is 23.8 Å². The Morgan fingerprint density at radius 1 is 0.968 bits per heavy atom. The molecule has 0 saturated heterocycles. The molecule has 4 saturated carbocycles. The second kappa shape index (κ2) is 7.37. The fourth-order valence-corrected chi connectivity index (χ4v) is 7.67. The molecule has 5 nitrogen and oxygen atoms in total. The number of hydrogen-bond donors (Lipinski definition) is 1. The van der Waals surface area contributed by atoms with Gasteiger partial charge in [-0.15, -0.1) is 0 Å². The number of benzene rings is 2. The first-order valence-electron chi connectivity index (χ1n) is 11.2. The van der Waals surface area contributed by atoms with E-state index in [1.54, 1.807) is 37.4 Å². The number of hydrogen-bond acceptors (Lipinski definition) is 3. The number of anilines is 1. The van der Waals surface area contributed by atoms with Crippen LogP contribution in [0.5, 0.6) is 0 Å². The van der Waals surface area contributed by atoms with E-state index in [9.17, 15) is 13.2 Å². The molecule has 4 fully saturated rings. The first-order chi connectivity index (χ1) is 14.7. The zero-order valence-corrected chi connectivity index (χ0v) is 19.0. The summed E-state index contributed by atoms with van der Waals surface area (Å²) in [5, 5.41) is 3.34. The molecule has 4 aliphatic rings. The predicted octanol–water partition coefficient (Wildman–Crippen LogP) is 4.52. The highest BCUT2D eigenvalue weighted by molar-refractivity contribution is 7.92. The van der Waals surface area contributed by atoms with Crippen molar-refractivity contribution >= 4 is 21.6 Å². The van der Waals surface area contributed by atoms with Gasteiger partial charge in [0.25, 0.3) is 15.9 Å². The van der Waals surface area contributed by atoms with E-state index in [4.69, 9.17) is 0 Å². The van der Waals surface area contributed by atoms with Gasteiger partial charge >= 0.3 is 0 Å². The number of sulfonamides is 1. The Balaban J connectivity index is 1.37. The molecule has 4 bridgehead atoms. The maximum absolute atomic E-state index is 13.2. The van der Waals surface area contributed by atoms with Crippen LogP contribution in [0.1, 0.15) is 54.4 Å². The first kappa shape index (κ1) is 20.6. The summed E-state index contributed by atoms with van der Waals surface area (Å²) < 4.78 is 27.7. The van der Waals surface area contributed by atoms with Crippen LogP contribution in [0, 0.1) is 24.7 Å². The van der Waals surface area contributed by atoms with E-state index in [0.29, 0.717) is 11.3 Å². The number of nitrogens with one attached hydrogen (secondary N) is 1. The smallest absolute Gasteiger partial charge is 0.264 e. The summed E-state index contributed by atoms with van der Waals surface area (Å²) in [4.78, 5) is 13.3. The van der Waals surface area contributed by atoms with Crippen LogP contribution < -0.4 is 9.62 Å². The minimum atomic E-state index is -3.76.